The predicted octanol–water partition coefficient (Wildman–Crippen LogP) is 2.74. The number of carbonyl (C=O) groups is 1. The molecule has 134 valence electrons. The van der Waals surface area contributed by atoms with Crippen LogP contribution < -0.4 is 0 Å². The minimum absolute atomic E-state index is 0.108. The number of pyridine rings is 1. The third-order valence-corrected chi connectivity index (χ3v) is 5.39. The fourth-order valence-corrected chi connectivity index (χ4v) is 3.71. The van der Waals surface area contributed by atoms with E-state index in [1.54, 1.807) is 17.1 Å². The molecule has 3 aromatic rings. The smallest absolute Gasteiger partial charge is 0.288 e. The lowest BCUT2D eigenvalue weighted by molar-refractivity contribution is 0.0588. The summed E-state index contributed by atoms with van der Waals surface area (Å²) in [6.07, 6.45) is 3.39. The Labute approximate surface area is 159 Å². The molecule has 0 unspecified atom stereocenters. The van der Waals surface area contributed by atoms with Crippen molar-refractivity contribution in [2.75, 3.05) is 26.2 Å². The second-order valence-electron chi connectivity index (χ2n) is 5.94. The zero-order chi connectivity index (χ0) is 17.9. The summed E-state index contributed by atoms with van der Waals surface area (Å²) in [6.45, 7) is 3.47. The average Bonchev–Trinajstić information content (AvgIpc) is 3.33. The van der Waals surface area contributed by atoms with Crippen LogP contribution in [0.15, 0.2) is 46.5 Å². The van der Waals surface area contributed by atoms with Gasteiger partial charge in [-0.25, -0.2) is 4.68 Å². The first-order valence-corrected chi connectivity index (χ1v) is 9.53. The Hall–Kier alpha value is -2.36. The Balaban J connectivity index is 1.38. The first kappa shape index (κ1) is 17.1. The molecule has 0 spiro atoms. The molecule has 4 heterocycles. The molecule has 26 heavy (non-hydrogen) atoms. The van der Waals surface area contributed by atoms with Crippen molar-refractivity contribution in [1.82, 2.24) is 24.6 Å². The van der Waals surface area contributed by atoms with Gasteiger partial charge in [0.1, 0.15) is 0 Å². The highest BCUT2D eigenvalue weighted by Gasteiger charge is 2.23. The SMILES string of the molecule is O=C(c1cccs1)N1CCN(Cn2nc(-c3cccnc3)oc2=S)CC1. The Kier molecular flexibility index (Phi) is 4.91. The number of carbonyl (C=O) groups excluding carboxylic acids is 1. The Morgan fingerprint density at radius 1 is 1.23 bits per heavy atom. The molecule has 0 aliphatic carbocycles. The van der Waals surface area contributed by atoms with E-state index in [1.165, 1.54) is 11.3 Å². The summed E-state index contributed by atoms with van der Waals surface area (Å²) >= 11 is 6.76. The molecule has 0 N–H and O–H groups in total. The number of hydrogen-bond donors (Lipinski definition) is 0. The van der Waals surface area contributed by atoms with Crippen molar-refractivity contribution in [3.8, 4) is 11.5 Å². The molecule has 1 aliphatic heterocycles. The van der Waals surface area contributed by atoms with Gasteiger partial charge in [0.2, 0.25) is 5.89 Å². The van der Waals surface area contributed by atoms with Gasteiger partial charge in [-0.05, 0) is 35.8 Å². The summed E-state index contributed by atoms with van der Waals surface area (Å²) < 4.78 is 7.26. The number of amides is 1. The molecule has 3 aromatic heterocycles. The van der Waals surface area contributed by atoms with E-state index < -0.39 is 0 Å². The number of piperazine rings is 1. The molecule has 0 aromatic carbocycles. The van der Waals surface area contributed by atoms with E-state index in [1.807, 2.05) is 34.5 Å². The fraction of sp³-hybridized carbons (Fsp3) is 0.294. The van der Waals surface area contributed by atoms with Crippen LogP contribution in [0.5, 0.6) is 0 Å². The van der Waals surface area contributed by atoms with Crippen LogP contribution >= 0.6 is 23.6 Å². The highest BCUT2D eigenvalue weighted by Crippen LogP contribution is 2.17. The third-order valence-electron chi connectivity index (χ3n) is 4.24. The van der Waals surface area contributed by atoms with Crippen LogP contribution in [0.1, 0.15) is 9.67 Å². The molecular formula is C17H17N5O2S2. The van der Waals surface area contributed by atoms with E-state index in [9.17, 15) is 4.79 Å². The zero-order valence-corrected chi connectivity index (χ0v) is 15.6. The minimum atomic E-state index is 0.108. The van der Waals surface area contributed by atoms with Gasteiger partial charge in [0.15, 0.2) is 0 Å². The van der Waals surface area contributed by atoms with Crippen LogP contribution in [0.2, 0.25) is 0 Å². The number of rotatable bonds is 4. The topological polar surface area (TPSA) is 67.4 Å². The number of nitrogens with zero attached hydrogens (tertiary/aromatic N) is 5. The van der Waals surface area contributed by atoms with E-state index in [0.29, 0.717) is 30.5 Å². The van der Waals surface area contributed by atoms with Gasteiger partial charge < -0.3 is 9.32 Å². The van der Waals surface area contributed by atoms with Crippen molar-refractivity contribution in [3.05, 3.63) is 51.8 Å². The first-order valence-electron chi connectivity index (χ1n) is 8.24. The molecule has 0 saturated carbocycles. The second-order valence-corrected chi connectivity index (χ2v) is 7.24. The van der Waals surface area contributed by atoms with Crippen molar-refractivity contribution < 1.29 is 9.21 Å². The summed E-state index contributed by atoms with van der Waals surface area (Å²) in [4.78, 5) is 21.7. The van der Waals surface area contributed by atoms with Crippen molar-refractivity contribution >= 4 is 29.5 Å². The summed E-state index contributed by atoms with van der Waals surface area (Å²) in [7, 11) is 0. The number of aromatic nitrogens is 3. The van der Waals surface area contributed by atoms with Gasteiger partial charge in [0, 0.05) is 38.6 Å². The van der Waals surface area contributed by atoms with E-state index in [-0.39, 0.29) is 5.91 Å². The minimum Gasteiger partial charge on any atom is -0.409 e. The lowest BCUT2D eigenvalue weighted by Crippen LogP contribution is -2.48. The standard InChI is InChI=1S/C17H17N5O2S2/c23-16(14-4-2-10-26-14)21-8-6-20(7-9-21)12-22-17(25)24-15(19-22)13-3-1-5-18-11-13/h1-5,10-11H,6-9,12H2. The molecule has 1 fully saturated rings. The van der Waals surface area contributed by atoms with Gasteiger partial charge in [-0.2, -0.15) is 0 Å². The molecule has 1 amide bonds. The lowest BCUT2D eigenvalue weighted by atomic mass is 10.3. The number of hydrogen-bond acceptors (Lipinski definition) is 7. The van der Waals surface area contributed by atoms with Gasteiger partial charge in [-0.15, -0.1) is 16.4 Å². The van der Waals surface area contributed by atoms with E-state index in [0.717, 1.165) is 23.5 Å². The van der Waals surface area contributed by atoms with Gasteiger partial charge in [0.05, 0.1) is 17.1 Å². The van der Waals surface area contributed by atoms with E-state index in [2.05, 4.69) is 15.0 Å². The average molecular weight is 387 g/mol. The van der Waals surface area contributed by atoms with Crippen molar-refractivity contribution in [3.63, 3.8) is 0 Å². The van der Waals surface area contributed by atoms with Crippen molar-refractivity contribution in [2.24, 2.45) is 0 Å². The second kappa shape index (κ2) is 7.48. The predicted molar refractivity (Wildman–Crippen MR) is 100 cm³/mol. The van der Waals surface area contributed by atoms with Crippen molar-refractivity contribution in [2.45, 2.75) is 6.67 Å². The van der Waals surface area contributed by atoms with Crippen LogP contribution in [0, 0.1) is 4.84 Å². The van der Waals surface area contributed by atoms with Crippen molar-refractivity contribution in [1.29, 1.82) is 0 Å². The van der Waals surface area contributed by atoms with Crippen LogP contribution in [-0.2, 0) is 6.67 Å². The monoisotopic (exact) mass is 387 g/mol. The normalized spacial score (nSPS) is 15.3. The molecular weight excluding hydrogens is 370 g/mol. The van der Waals surface area contributed by atoms with E-state index >= 15 is 0 Å². The summed E-state index contributed by atoms with van der Waals surface area (Å²) in [6, 6.07) is 7.48. The maximum atomic E-state index is 12.4. The highest BCUT2D eigenvalue weighted by molar-refractivity contribution is 7.71. The van der Waals surface area contributed by atoms with E-state index in [4.69, 9.17) is 16.6 Å². The van der Waals surface area contributed by atoms with Crippen LogP contribution in [-0.4, -0.2) is 56.7 Å². The van der Waals surface area contributed by atoms with Gasteiger partial charge >= 0.3 is 0 Å². The summed E-state index contributed by atoms with van der Waals surface area (Å²) in [5, 5.41) is 6.38. The Morgan fingerprint density at radius 3 is 2.77 bits per heavy atom. The summed E-state index contributed by atoms with van der Waals surface area (Å²) in [5.74, 6) is 0.575. The molecule has 1 aliphatic rings. The van der Waals surface area contributed by atoms with Gasteiger partial charge in [0.25, 0.3) is 10.7 Å². The Bertz CT molecular complexity index is 928. The quantitative estimate of drug-likeness (QED) is 0.642. The zero-order valence-electron chi connectivity index (χ0n) is 13.9. The maximum absolute atomic E-state index is 12.4. The molecule has 1 saturated heterocycles. The van der Waals surface area contributed by atoms with Crippen LogP contribution in [0.4, 0.5) is 0 Å². The molecule has 0 atom stereocenters. The number of thiophene rings is 1. The molecule has 7 nitrogen and oxygen atoms in total. The largest absolute Gasteiger partial charge is 0.409 e. The van der Waals surface area contributed by atoms with Gasteiger partial charge in [-0.3, -0.25) is 14.7 Å². The van der Waals surface area contributed by atoms with Gasteiger partial charge in [-0.1, -0.05) is 6.07 Å². The fourth-order valence-electron chi connectivity index (χ4n) is 2.84. The molecule has 0 radical (unpaired) electrons. The van der Waals surface area contributed by atoms with Crippen LogP contribution in [0.3, 0.4) is 0 Å². The Morgan fingerprint density at radius 2 is 2.08 bits per heavy atom. The third kappa shape index (κ3) is 3.59. The summed E-state index contributed by atoms with van der Waals surface area (Å²) in [5.41, 5.74) is 0.795. The maximum Gasteiger partial charge on any atom is 0.288 e. The van der Waals surface area contributed by atoms with Crippen LogP contribution in [0.25, 0.3) is 11.5 Å². The molecule has 9 heteroatoms. The molecule has 4 rings (SSSR count). The molecule has 0 bridgehead atoms. The lowest BCUT2D eigenvalue weighted by Gasteiger charge is -2.34. The highest BCUT2D eigenvalue weighted by atomic mass is 32.1. The first-order chi connectivity index (χ1) is 12.7.